The number of unbranched alkanes of at least 4 members (excludes halogenated alkanes) is 1. The standard InChI is InChI=1S/C27H37NO2/c1-6-8-12-20(4)25(17-21(5)28)27-23(15-19(3)16-26(29)30-7-2)18-22-13-10-9-11-14-24(22)27/h9-11,13-14,18-19,28H,6-8,12,15-17H2,1-5H3/b25-20+,28-21?. The van der Waals surface area contributed by atoms with Crippen LogP contribution in [0.15, 0.2) is 42.0 Å². The van der Waals surface area contributed by atoms with Crippen LogP contribution < -0.4 is 0 Å². The SMILES string of the molecule is CCCC/C(C)=C(\CC(C)=N)c1c(CC(C)CC(=O)OCC)cc2cccccc1-2. The fourth-order valence-electron chi connectivity index (χ4n) is 4.13. The van der Waals surface area contributed by atoms with Gasteiger partial charge in [0.05, 0.1) is 6.61 Å². The molecular weight excluding hydrogens is 370 g/mol. The van der Waals surface area contributed by atoms with E-state index < -0.39 is 0 Å². The average molecular weight is 408 g/mol. The molecular formula is C27H37NO2. The topological polar surface area (TPSA) is 50.2 Å². The normalized spacial score (nSPS) is 13.1. The van der Waals surface area contributed by atoms with Crippen LogP contribution >= 0.6 is 0 Å². The van der Waals surface area contributed by atoms with E-state index in [0.29, 0.717) is 25.2 Å². The Balaban J connectivity index is 2.54. The summed E-state index contributed by atoms with van der Waals surface area (Å²) >= 11 is 0. The van der Waals surface area contributed by atoms with Crippen LogP contribution in [0, 0.1) is 11.3 Å². The van der Waals surface area contributed by atoms with Gasteiger partial charge in [-0.25, -0.2) is 0 Å². The number of hydrogen-bond donors (Lipinski definition) is 1. The van der Waals surface area contributed by atoms with Crippen molar-refractivity contribution in [1.82, 2.24) is 0 Å². The van der Waals surface area contributed by atoms with E-state index in [0.717, 1.165) is 25.7 Å². The molecule has 0 spiro atoms. The van der Waals surface area contributed by atoms with E-state index in [-0.39, 0.29) is 11.9 Å². The van der Waals surface area contributed by atoms with Gasteiger partial charge in [-0.3, -0.25) is 4.79 Å². The molecule has 0 aromatic carbocycles. The highest BCUT2D eigenvalue weighted by Crippen LogP contribution is 2.40. The summed E-state index contributed by atoms with van der Waals surface area (Å²) in [7, 11) is 0. The summed E-state index contributed by atoms with van der Waals surface area (Å²) in [6, 6.07) is 12.9. The zero-order valence-electron chi connectivity index (χ0n) is 19.3. The van der Waals surface area contributed by atoms with Crippen LogP contribution in [0.25, 0.3) is 16.7 Å². The highest BCUT2D eigenvalue weighted by molar-refractivity contribution is 5.96. The van der Waals surface area contributed by atoms with Gasteiger partial charge in [-0.2, -0.15) is 0 Å². The molecule has 0 saturated heterocycles. The minimum Gasteiger partial charge on any atom is -0.466 e. The van der Waals surface area contributed by atoms with E-state index in [9.17, 15) is 4.79 Å². The van der Waals surface area contributed by atoms with Crippen molar-refractivity contribution in [1.29, 1.82) is 5.41 Å². The molecule has 0 aromatic rings. The molecule has 2 aliphatic carbocycles. The van der Waals surface area contributed by atoms with Gasteiger partial charge in [-0.05, 0) is 73.8 Å². The van der Waals surface area contributed by atoms with E-state index in [4.69, 9.17) is 10.1 Å². The quantitative estimate of drug-likeness (QED) is 0.313. The Kier molecular flexibility index (Phi) is 9.29. The molecule has 1 N–H and O–H groups in total. The Bertz CT molecular complexity index is 865. The number of esters is 1. The van der Waals surface area contributed by atoms with E-state index in [1.165, 1.54) is 33.4 Å². The Labute approximate surface area is 182 Å². The summed E-state index contributed by atoms with van der Waals surface area (Å²) in [5.74, 6) is 0.0749. The van der Waals surface area contributed by atoms with Gasteiger partial charge < -0.3 is 10.1 Å². The van der Waals surface area contributed by atoms with Crippen molar-refractivity contribution in [2.75, 3.05) is 6.61 Å². The molecule has 0 heterocycles. The van der Waals surface area contributed by atoms with Gasteiger partial charge in [0.1, 0.15) is 0 Å². The van der Waals surface area contributed by atoms with Crippen molar-refractivity contribution in [3.63, 3.8) is 0 Å². The fraction of sp³-hybridized carbons (Fsp3) is 0.481. The van der Waals surface area contributed by atoms with Crippen LogP contribution in [0.5, 0.6) is 0 Å². The second-order valence-corrected chi connectivity index (χ2v) is 8.46. The van der Waals surface area contributed by atoms with Crippen LogP contribution in [0.2, 0.25) is 0 Å². The van der Waals surface area contributed by atoms with Gasteiger partial charge in [0, 0.05) is 18.6 Å². The maximum absolute atomic E-state index is 12.0. The van der Waals surface area contributed by atoms with Crippen molar-refractivity contribution < 1.29 is 9.53 Å². The van der Waals surface area contributed by atoms with Gasteiger partial charge in [-0.1, -0.05) is 62.2 Å². The predicted octanol–water partition coefficient (Wildman–Crippen LogP) is 7.32. The molecule has 0 aromatic heterocycles. The second-order valence-electron chi connectivity index (χ2n) is 8.46. The van der Waals surface area contributed by atoms with Gasteiger partial charge in [0.2, 0.25) is 0 Å². The molecule has 1 atom stereocenters. The summed E-state index contributed by atoms with van der Waals surface area (Å²) in [5.41, 5.74) is 8.36. The number of allylic oxidation sites excluding steroid dienone is 2. The molecule has 2 aliphatic rings. The number of carbonyl (C=O) groups excluding carboxylic acids is 1. The Morgan fingerprint density at radius 1 is 1.13 bits per heavy atom. The molecule has 1 unspecified atom stereocenters. The third-order valence-electron chi connectivity index (χ3n) is 5.55. The maximum atomic E-state index is 12.0. The summed E-state index contributed by atoms with van der Waals surface area (Å²) in [4.78, 5) is 12.0. The van der Waals surface area contributed by atoms with Gasteiger partial charge in [0.15, 0.2) is 0 Å². The maximum Gasteiger partial charge on any atom is 0.306 e. The molecule has 0 bridgehead atoms. The number of ether oxygens (including phenoxy) is 1. The average Bonchev–Trinajstić information content (AvgIpc) is 2.84. The van der Waals surface area contributed by atoms with E-state index in [1.807, 2.05) is 13.8 Å². The summed E-state index contributed by atoms with van der Waals surface area (Å²) in [6.45, 7) is 10.7. The van der Waals surface area contributed by atoms with Crippen LogP contribution in [-0.4, -0.2) is 18.3 Å². The lowest BCUT2D eigenvalue weighted by atomic mass is 9.87. The third kappa shape index (κ3) is 6.55. The largest absolute Gasteiger partial charge is 0.466 e. The molecule has 162 valence electrons. The predicted molar refractivity (Wildman–Crippen MR) is 127 cm³/mol. The van der Waals surface area contributed by atoms with E-state index in [1.54, 1.807) is 0 Å². The Hall–Kier alpha value is -2.42. The van der Waals surface area contributed by atoms with Gasteiger partial charge in [0.25, 0.3) is 0 Å². The Morgan fingerprint density at radius 3 is 2.53 bits per heavy atom. The first-order chi connectivity index (χ1) is 14.4. The molecule has 3 nitrogen and oxygen atoms in total. The first-order valence-electron chi connectivity index (χ1n) is 11.3. The van der Waals surface area contributed by atoms with Crippen molar-refractivity contribution in [2.45, 2.75) is 73.1 Å². The van der Waals surface area contributed by atoms with Gasteiger partial charge in [-0.15, -0.1) is 0 Å². The smallest absolute Gasteiger partial charge is 0.306 e. The van der Waals surface area contributed by atoms with Gasteiger partial charge >= 0.3 is 5.97 Å². The molecule has 30 heavy (non-hydrogen) atoms. The molecule has 0 aliphatic heterocycles. The van der Waals surface area contributed by atoms with Crippen LogP contribution in [0.4, 0.5) is 0 Å². The minimum absolute atomic E-state index is 0.126. The molecule has 0 amide bonds. The van der Waals surface area contributed by atoms with Crippen molar-refractivity contribution in [3.05, 3.63) is 53.1 Å². The number of nitrogens with one attached hydrogen (secondary N) is 1. The van der Waals surface area contributed by atoms with E-state index in [2.05, 4.69) is 57.2 Å². The lowest BCUT2D eigenvalue weighted by Crippen LogP contribution is -2.11. The molecule has 2 rings (SSSR count). The lowest BCUT2D eigenvalue weighted by Gasteiger charge is -2.17. The highest BCUT2D eigenvalue weighted by atomic mass is 16.5. The zero-order chi connectivity index (χ0) is 22.1. The molecule has 3 heteroatoms. The van der Waals surface area contributed by atoms with Crippen molar-refractivity contribution >= 4 is 17.3 Å². The monoisotopic (exact) mass is 407 g/mol. The zero-order valence-corrected chi connectivity index (χ0v) is 19.3. The summed E-state index contributed by atoms with van der Waals surface area (Å²) < 4.78 is 5.16. The number of rotatable bonds is 11. The fourth-order valence-corrected chi connectivity index (χ4v) is 4.13. The van der Waals surface area contributed by atoms with E-state index >= 15 is 0 Å². The minimum atomic E-state index is -0.126. The summed E-state index contributed by atoms with van der Waals surface area (Å²) in [5, 5.41) is 8.20. The highest BCUT2D eigenvalue weighted by Gasteiger charge is 2.22. The van der Waals surface area contributed by atoms with Crippen molar-refractivity contribution in [3.8, 4) is 11.1 Å². The first-order valence-corrected chi connectivity index (χ1v) is 11.3. The van der Waals surface area contributed by atoms with Crippen LogP contribution in [-0.2, 0) is 16.0 Å². The van der Waals surface area contributed by atoms with Crippen LogP contribution in [0.3, 0.4) is 0 Å². The van der Waals surface area contributed by atoms with Crippen molar-refractivity contribution in [2.24, 2.45) is 5.92 Å². The second kappa shape index (κ2) is 11.7. The molecule has 0 radical (unpaired) electrons. The number of carbonyl (C=O) groups is 1. The number of fused-ring (bicyclic) bond motifs is 1. The lowest BCUT2D eigenvalue weighted by molar-refractivity contribution is -0.144. The third-order valence-corrected chi connectivity index (χ3v) is 5.55. The molecule has 0 saturated carbocycles. The summed E-state index contributed by atoms with van der Waals surface area (Å²) in [6.07, 6.45) is 5.31. The molecule has 0 fully saturated rings. The number of hydrogen-bond acceptors (Lipinski definition) is 3. The van der Waals surface area contributed by atoms with Crippen LogP contribution in [0.1, 0.15) is 77.8 Å². The first kappa shape index (κ1) is 23.9. The Morgan fingerprint density at radius 2 is 1.87 bits per heavy atom.